The number of hydrogen-bond donors (Lipinski definition) is 2. The van der Waals surface area contributed by atoms with Crippen molar-refractivity contribution < 1.29 is 0 Å². The molecule has 0 radical (unpaired) electrons. The van der Waals surface area contributed by atoms with E-state index in [1.165, 1.54) is 11.1 Å². The minimum atomic E-state index is 0.334. The van der Waals surface area contributed by atoms with Crippen LogP contribution in [0, 0.1) is 6.92 Å². The van der Waals surface area contributed by atoms with E-state index in [0.29, 0.717) is 6.04 Å². The van der Waals surface area contributed by atoms with Gasteiger partial charge in [-0.2, -0.15) is 4.98 Å². The Kier molecular flexibility index (Phi) is 4.20. The third-order valence-electron chi connectivity index (χ3n) is 4.11. The third kappa shape index (κ3) is 3.61. The summed E-state index contributed by atoms with van der Waals surface area (Å²) in [5.74, 6) is 1.78. The summed E-state index contributed by atoms with van der Waals surface area (Å²) >= 11 is 0. The first-order valence-corrected chi connectivity index (χ1v) is 7.68. The predicted octanol–water partition coefficient (Wildman–Crippen LogP) is 1.83. The summed E-state index contributed by atoms with van der Waals surface area (Å²) in [6.45, 7) is 4.02. The molecule has 0 aliphatic carbocycles. The normalized spacial score (nSPS) is 16.4. The van der Waals surface area contributed by atoms with Crippen LogP contribution in [0.25, 0.3) is 0 Å². The highest BCUT2D eigenvalue weighted by atomic mass is 15.4. The maximum atomic E-state index is 5.93. The van der Waals surface area contributed by atoms with Crippen molar-refractivity contribution in [3.05, 3.63) is 41.2 Å². The molecular weight excluding hydrogens is 262 g/mol. The van der Waals surface area contributed by atoms with Crippen LogP contribution >= 0.6 is 0 Å². The maximum Gasteiger partial charge on any atom is 0.244 e. The number of rotatable bonds is 4. The summed E-state index contributed by atoms with van der Waals surface area (Å²) in [6, 6.07) is 8.99. The Morgan fingerprint density at radius 1 is 1.19 bits per heavy atom. The predicted molar refractivity (Wildman–Crippen MR) is 84.4 cm³/mol. The Morgan fingerprint density at radius 3 is 2.62 bits per heavy atom. The molecule has 1 fully saturated rings. The molecule has 0 unspecified atom stereocenters. The molecule has 0 amide bonds. The lowest BCUT2D eigenvalue weighted by Crippen LogP contribution is -2.40. The Labute approximate surface area is 125 Å². The average molecular weight is 285 g/mol. The molecule has 1 aromatic heterocycles. The van der Waals surface area contributed by atoms with E-state index in [0.717, 1.165) is 50.5 Å². The van der Waals surface area contributed by atoms with Crippen LogP contribution in [0.3, 0.4) is 0 Å². The van der Waals surface area contributed by atoms with Crippen molar-refractivity contribution in [3.63, 3.8) is 0 Å². The molecule has 1 aliphatic rings. The van der Waals surface area contributed by atoms with Crippen LogP contribution in [0.5, 0.6) is 0 Å². The van der Waals surface area contributed by atoms with Crippen LogP contribution in [-0.2, 0) is 12.8 Å². The van der Waals surface area contributed by atoms with Gasteiger partial charge < -0.3 is 10.6 Å². The lowest BCUT2D eigenvalue weighted by Gasteiger charge is -2.28. The summed E-state index contributed by atoms with van der Waals surface area (Å²) in [5.41, 5.74) is 8.56. The molecule has 3 N–H and O–H groups in total. The van der Waals surface area contributed by atoms with E-state index in [2.05, 4.69) is 51.3 Å². The van der Waals surface area contributed by atoms with Gasteiger partial charge in [0.25, 0.3) is 0 Å². The quantitative estimate of drug-likeness (QED) is 0.899. The summed E-state index contributed by atoms with van der Waals surface area (Å²) in [5, 5.41) is 7.40. The molecule has 1 aliphatic heterocycles. The highest BCUT2D eigenvalue weighted by molar-refractivity contribution is 5.30. The molecule has 0 saturated carbocycles. The first kappa shape index (κ1) is 14.1. The summed E-state index contributed by atoms with van der Waals surface area (Å²) in [6.07, 6.45) is 3.92. The van der Waals surface area contributed by atoms with E-state index in [1.54, 1.807) is 0 Å². The zero-order valence-corrected chi connectivity index (χ0v) is 12.5. The second-order valence-electron chi connectivity index (χ2n) is 5.89. The summed E-state index contributed by atoms with van der Waals surface area (Å²) in [4.78, 5) is 6.83. The van der Waals surface area contributed by atoms with Gasteiger partial charge in [-0.1, -0.05) is 29.8 Å². The highest BCUT2D eigenvalue weighted by Crippen LogP contribution is 2.15. The fraction of sp³-hybridized carbons (Fsp3) is 0.500. The molecule has 2 aromatic rings. The third-order valence-corrected chi connectivity index (χ3v) is 4.11. The largest absolute Gasteiger partial charge is 0.339 e. The van der Waals surface area contributed by atoms with E-state index in [1.807, 2.05) is 0 Å². The van der Waals surface area contributed by atoms with Crippen molar-refractivity contribution >= 4 is 5.95 Å². The molecule has 0 spiro atoms. The van der Waals surface area contributed by atoms with Gasteiger partial charge in [-0.3, -0.25) is 5.10 Å². The Bertz CT molecular complexity index is 567. The van der Waals surface area contributed by atoms with E-state index in [-0.39, 0.29) is 0 Å². The van der Waals surface area contributed by atoms with Gasteiger partial charge in [-0.15, -0.1) is 5.10 Å². The van der Waals surface area contributed by atoms with E-state index in [4.69, 9.17) is 5.73 Å². The molecule has 5 heteroatoms. The second-order valence-corrected chi connectivity index (χ2v) is 5.89. The number of aryl methyl sites for hydroxylation is 3. The second kappa shape index (κ2) is 6.26. The van der Waals surface area contributed by atoms with E-state index >= 15 is 0 Å². The van der Waals surface area contributed by atoms with Crippen LogP contribution in [0.4, 0.5) is 5.95 Å². The van der Waals surface area contributed by atoms with Crippen LogP contribution < -0.4 is 10.6 Å². The minimum Gasteiger partial charge on any atom is -0.339 e. The number of hydrogen-bond acceptors (Lipinski definition) is 4. The van der Waals surface area contributed by atoms with Crippen LogP contribution in [0.2, 0.25) is 0 Å². The zero-order chi connectivity index (χ0) is 14.7. The molecule has 1 aromatic carbocycles. The van der Waals surface area contributed by atoms with Gasteiger partial charge in [0.2, 0.25) is 5.95 Å². The molecule has 0 bridgehead atoms. The molecule has 3 rings (SSSR count). The van der Waals surface area contributed by atoms with Gasteiger partial charge in [-0.05, 0) is 31.7 Å². The number of aromatic amines is 1. The average Bonchev–Trinajstić information content (AvgIpc) is 2.96. The van der Waals surface area contributed by atoms with Crippen molar-refractivity contribution in [1.29, 1.82) is 0 Å². The van der Waals surface area contributed by atoms with E-state index in [9.17, 15) is 0 Å². The van der Waals surface area contributed by atoms with Gasteiger partial charge >= 0.3 is 0 Å². The van der Waals surface area contributed by atoms with Crippen molar-refractivity contribution in [2.75, 3.05) is 18.0 Å². The molecule has 2 heterocycles. The first-order chi connectivity index (χ1) is 10.2. The summed E-state index contributed by atoms with van der Waals surface area (Å²) < 4.78 is 0. The molecule has 21 heavy (non-hydrogen) atoms. The van der Waals surface area contributed by atoms with Crippen LogP contribution in [-0.4, -0.2) is 34.3 Å². The number of H-pyrrole nitrogens is 1. The maximum absolute atomic E-state index is 5.93. The zero-order valence-electron chi connectivity index (χ0n) is 12.5. The SMILES string of the molecule is Cc1ccc(CCc2nc(N3CCC(N)CC3)n[nH]2)cc1. The number of piperidine rings is 1. The van der Waals surface area contributed by atoms with Crippen molar-refractivity contribution in [2.24, 2.45) is 5.73 Å². The van der Waals surface area contributed by atoms with Gasteiger partial charge in [0.05, 0.1) is 0 Å². The van der Waals surface area contributed by atoms with Gasteiger partial charge in [0, 0.05) is 25.6 Å². The molecule has 1 saturated heterocycles. The van der Waals surface area contributed by atoms with E-state index < -0.39 is 0 Å². The number of aromatic nitrogens is 3. The van der Waals surface area contributed by atoms with Gasteiger partial charge in [0.1, 0.15) is 5.82 Å². The van der Waals surface area contributed by atoms with Crippen molar-refractivity contribution in [3.8, 4) is 0 Å². The fourth-order valence-electron chi connectivity index (χ4n) is 2.66. The van der Waals surface area contributed by atoms with Gasteiger partial charge in [-0.25, -0.2) is 0 Å². The smallest absolute Gasteiger partial charge is 0.244 e. The lowest BCUT2D eigenvalue weighted by molar-refractivity contribution is 0.496. The molecule has 112 valence electrons. The van der Waals surface area contributed by atoms with Crippen molar-refractivity contribution in [2.45, 2.75) is 38.6 Å². The molecule has 0 atom stereocenters. The molecule has 5 nitrogen and oxygen atoms in total. The minimum absolute atomic E-state index is 0.334. The molecular formula is C16H23N5. The lowest BCUT2D eigenvalue weighted by atomic mass is 10.1. The Balaban J connectivity index is 1.56. The monoisotopic (exact) mass is 285 g/mol. The van der Waals surface area contributed by atoms with Crippen LogP contribution in [0.15, 0.2) is 24.3 Å². The Hall–Kier alpha value is -1.88. The number of nitrogens with two attached hydrogens (primary N) is 1. The van der Waals surface area contributed by atoms with Crippen molar-refractivity contribution in [1.82, 2.24) is 15.2 Å². The number of nitrogens with zero attached hydrogens (tertiary/aromatic N) is 3. The number of anilines is 1. The fourth-order valence-corrected chi connectivity index (χ4v) is 2.66. The highest BCUT2D eigenvalue weighted by Gasteiger charge is 2.19. The number of benzene rings is 1. The van der Waals surface area contributed by atoms with Crippen LogP contribution in [0.1, 0.15) is 29.8 Å². The standard InChI is InChI=1S/C16H23N5/c1-12-2-4-13(5-3-12)6-7-15-18-16(20-19-15)21-10-8-14(17)9-11-21/h2-5,14H,6-11,17H2,1H3,(H,18,19,20). The first-order valence-electron chi connectivity index (χ1n) is 7.68. The number of nitrogens with one attached hydrogen (secondary N) is 1. The van der Waals surface area contributed by atoms with Gasteiger partial charge in [0.15, 0.2) is 0 Å². The Morgan fingerprint density at radius 2 is 1.90 bits per heavy atom. The summed E-state index contributed by atoms with van der Waals surface area (Å²) in [7, 11) is 0. The topological polar surface area (TPSA) is 70.8 Å².